The highest BCUT2D eigenvalue weighted by molar-refractivity contribution is 7.98. The maximum absolute atomic E-state index is 12.3. The van der Waals surface area contributed by atoms with Crippen LogP contribution in [0.15, 0.2) is 23.1 Å². The van der Waals surface area contributed by atoms with E-state index in [1.54, 1.807) is 6.92 Å². The number of hydrogen-bond donors (Lipinski definition) is 2. The SMILES string of the molecule is COC(=O)c1ccc(N)cc1S(=O)(=O)NC(C)CSC. The molecule has 0 aromatic heterocycles. The average molecular weight is 318 g/mol. The topological polar surface area (TPSA) is 98.5 Å². The first-order valence-corrected chi connectivity index (χ1v) is 8.68. The standard InChI is InChI=1S/C12H18N2O4S2/c1-8(7-19-3)14-20(16,17)11-6-9(13)4-5-10(11)12(15)18-2/h4-6,8,14H,7,13H2,1-3H3. The van der Waals surface area contributed by atoms with Gasteiger partial charge in [-0.15, -0.1) is 0 Å². The van der Waals surface area contributed by atoms with Gasteiger partial charge in [-0.1, -0.05) is 0 Å². The molecule has 1 aromatic rings. The molecule has 1 rings (SSSR count). The van der Waals surface area contributed by atoms with Crippen molar-refractivity contribution in [2.45, 2.75) is 17.9 Å². The summed E-state index contributed by atoms with van der Waals surface area (Å²) in [5.74, 6) is -0.0994. The molecule has 0 aliphatic heterocycles. The number of nitrogens with two attached hydrogens (primary N) is 1. The monoisotopic (exact) mass is 318 g/mol. The number of sulfonamides is 1. The van der Waals surface area contributed by atoms with E-state index in [1.807, 2.05) is 6.26 Å². The van der Waals surface area contributed by atoms with E-state index in [0.717, 1.165) is 0 Å². The molecule has 112 valence electrons. The molecule has 0 saturated heterocycles. The van der Waals surface area contributed by atoms with Gasteiger partial charge >= 0.3 is 5.97 Å². The Balaban J connectivity index is 3.22. The van der Waals surface area contributed by atoms with E-state index in [9.17, 15) is 13.2 Å². The summed E-state index contributed by atoms with van der Waals surface area (Å²) in [4.78, 5) is 11.5. The highest BCUT2D eigenvalue weighted by atomic mass is 32.2. The summed E-state index contributed by atoms with van der Waals surface area (Å²) in [6.07, 6.45) is 1.88. The molecule has 3 N–H and O–H groups in total. The van der Waals surface area contributed by atoms with Crippen molar-refractivity contribution in [2.24, 2.45) is 0 Å². The third-order valence-corrected chi connectivity index (χ3v) is 4.94. The molecule has 0 heterocycles. The van der Waals surface area contributed by atoms with Crippen molar-refractivity contribution in [3.8, 4) is 0 Å². The number of thioether (sulfide) groups is 1. The Bertz CT molecular complexity index is 587. The zero-order chi connectivity index (χ0) is 15.3. The number of methoxy groups -OCH3 is 1. The molecular weight excluding hydrogens is 300 g/mol. The largest absolute Gasteiger partial charge is 0.465 e. The van der Waals surface area contributed by atoms with Crippen molar-refractivity contribution in [1.82, 2.24) is 4.72 Å². The van der Waals surface area contributed by atoms with Gasteiger partial charge < -0.3 is 10.5 Å². The minimum absolute atomic E-state index is 0.0365. The molecular formula is C12H18N2O4S2. The van der Waals surface area contributed by atoms with E-state index < -0.39 is 16.0 Å². The maximum atomic E-state index is 12.3. The number of nitrogen functional groups attached to an aromatic ring is 1. The number of carbonyl (C=O) groups is 1. The van der Waals surface area contributed by atoms with Gasteiger partial charge in [-0.05, 0) is 31.4 Å². The average Bonchev–Trinajstić information content (AvgIpc) is 2.37. The number of benzene rings is 1. The van der Waals surface area contributed by atoms with E-state index in [2.05, 4.69) is 9.46 Å². The van der Waals surface area contributed by atoms with Gasteiger partial charge in [-0.25, -0.2) is 17.9 Å². The first-order valence-electron chi connectivity index (χ1n) is 5.81. The molecule has 8 heteroatoms. The van der Waals surface area contributed by atoms with E-state index in [4.69, 9.17) is 5.73 Å². The maximum Gasteiger partial charge on any atom is 0.339 e. The quantitative estimate of drug-likeness (QED) is 0.602. The fourth-order valence-electron chi connectivity index (χ4n) is 1.65. The molecule has 1 atom stereocenters. The van der Waals surface area contributed by atoms with Gasteiger partial charge in [-0.3, -0.25) is 0 Å². The van der Waals surface area contributed by atoms with Crippen molar-refractivity contribution in [3.05, 3.63) is 23.8 Å². The second-order valence-electron chi connectivity index (χ2n) is 4.22. The van der Waals surface area contributed by atoms with Crippen LogP contribution in [0.5, 0.6) is 0 Å². The van der Waals surface area contributed by atoms with E-state index in [-0.39, 0.29) is 22.2 Å². The number of anilines is 1. The van der Waals surface area contributed by atoms with Crippen LogP contribution in [0.25, 0.3) is 0 Å². The molecule has 0 amide bonds. The first kappa shape index (κ1) is 16.8. The number of ether oxygens (including phenoxy) is 1. The van der Waals surface area contributed by atoms with Gasteiger partial charge in [0.2, 0.25) is 10.0 Å². The van der Waals surface area contributed by atoms with Gasteiger partial charge in [0.1, 0.15) is 0 Å². The van der Waals surface area contributed by atoms with Gasteiger partial charge in [0.05, 0.1) is 17.6 Å². The fraction of sp³-hybridized carbons (Fsp3) is 0.417. The molecule has 0 saturated carbocycles. The van der Waals surface area contributed by atoms with Gasteiger partial charge in [0.25, 0.3) is 0 Å². The summed E-state index contributed by atoms with van der Waals surface area (Å²) in [5.41, 5.74) is 5.83. The minimum atomic E-state index is -3.83. The van der Waals surface area contributed by atoms with Crippen LogP contribution in [0.2, 0.25) is 0 Å². The summed E-state index contributed by atoms with van der Waals surface area (Å²) >= 11 is 1.52. The number of carbonyl (C=O) groups excluding carboxylic acids is 1. The summed E-state index contributed by atoms with van der Waals surface area (Å²) in [6, 6.07) is 3.79. The lowest BCUT2D eigenvalue weighted by molar-refractivity contribution is 0.0596. The highest BCUT2D eigenvalue weighted by Gasteiger charge is 2.24. The summed E-state index contributed by atoms with van der Waals surface area (Å²) in [7, 11) is -2.64. The molecule has 0 fully saturated rings. The number of nitrogens with one attached hydrogen (secondary N) is 1. The Morgan fingerprint density at radius 2 is 2.15 bits per heavy atom. The Morgan fingerprint density at radius 3 is 2.70 bits per heavy atom. The Morgan fingerprint density at radius 1 is 1.50 bits per heavy atom. The lowest BCUT2D eigenvalue weighted by Gasteiger charge is -2.15. The Labute approximate surface area is 123 Å². The third-order valence-electron chi connectivity index (χ3n) is 2.47. The van der Waals surface area contributed by atoms with Gasteiger partial charge in [0.15, 0.2) is 0 Å². The fourth-order valence-corrected chi connectivity index (χ4v) is 3.81. The van der Waals surface area contributed by atoms with Crippen LogP contribution in [0.1, 0.15) is 17.3 Å². The van der Waals surface area contributed by atoms with E-state index >= 15 is 0 Å². The van der Waals surface area contributed by atoms with Gasteiger partial charge in [0, 0.05) is 17.5 Å². The zero-order valence-corrected chi connectivity index (χ0v) is 13.2. The Kier molecular flexibility index (Phi) is 5.85. The molecule has 1 unspecified atom stereocenters. The van der Waals surface area contributed by atoms with Crippen LogP contribution in [-0.4, -0.2) is 39.5 Å². The number of esters is 1. The normalized spacial score (nSPS) is 12.9. The summed E-state index contributed by atoms with van der Waals surface area (Å²) < 4.78 is 31.8. The number of hydrogen-bond acceptors (Lipinski definition) is 6. The second kappa shape index (κ2) is 6.96. The summed E-state index contributed by atoms with van der Waals surface area (Å²) in [5, 5.41) is 0. The van der Waals surface area contributed by atoms with Crippen LogP contribution < -0.4 is 10.5 Å². The minimum Gasteiger partial charge on any atom is -0.465 e. The molecule has 0 bridgehead atoms. The van der Waals surface area contributed by atoms with Crippen LogP contribution in [0.4, 0.5) is 5.69 Å². The lowest BCUT2D eigenvalue weighted by atomic mass is 10.2. The zero-order valence-electron chi connectivity index (χ0n) is 11.5. The predicted molar refractivity (Wildman–Crippen MR) is 80.4 cm³/mol. The third kappa shape index (κ3) is 4.12. The van der Waals surface area contributed by atoms with Crippen molar-refractivity contribution in [1.29, 1.82) is 0 Å². The van der Waals surface area contributed by atoms with Crippen LogP contribution in [-0.2, 0) is 14.8 Å². The second-order valence-corrected chi connectivity index (χ2v) is 6.82. The molecule has 0 radical (unpaired) electrons. The molecule has 6 nitrogen and oxygen atoms in total. The van der Waals surface area contributed by atoms with Crippen molar-refractivity contribution >= 4 is 33.4 Å². The molecule has 0 aliphatic rings. The number of rotatable bonds is 6. The Hall–Kier alpha value is -1.25. The van der Waals surface area contributed by atoms with Crippen molar-refractivity contribution in [3.63, 3.8) is 0 Å². The first-order chi connectivity index (χ1) is 9.31. The van der Waals surface area contributed by atoms with E-state index in [1.165, 1.54) is 37.1 Å². The molecule has 0 spiro atoms. The summed E-state index contributed by atoms with van der Waals surface area (Å²) in [6.45, 7) is 1.75. The van der Waals surface area contributed by atoms with Crippen molar-refractivity contribution < 1.29 is 17.9 Å². The molecule has 1 aromatic carbocycles. The van der Waals surface area contributed by atoms with Crippen LogP contribution in [0.3, 0.4) is 0 Å². The molecule has 0 aliphatic carbocycles. The predicted octanol–water partition coefficient (Wildman–Crippen LogP) is 1.09. The van der Waals surface area contributed by atoms with Gasteiger partial charge in [-0.2, -0.15) is 11.8 Å². The highest BCUT2D eigenvalue weighted by Crippen LogP contribution is 2.20. The smallest absolute Gasteiger partial charge is 0.339 e. The molecule has 20 heavy (non-hydrogen) atoms. The van der Waals surface area contributed by atoms with E-state index in [0.29, 0.717) is 5.75 Å². The lowest BCUT2D eigenvalue weighted by Crippen LogP contribution is -2.35. The van der Waals surface area contributed by atoms with Crippen LogP contribution in [0, 0.1) is 0 Å². The van der Waals surface area contributed by atoms with Crippen molar-refractivity contribution in [2.75, 3.05) is 24.9 Å². The van der Waals surface area contributed by atoms with Crippen LogP contribution >= 0.6 is 11.8 Å².